The van der Waals surface area contributed by atoms with Crippen LogP contribution in [0.25, 0.3) is 17.1 Å². The summed E-state index contributed by atoms with van der Waals surface area (Å²) in [6.07, 6.45) is 0. The average molecular weight is 375 g/mol. The molecular weight excluding hydrogens is 357 g/mol. The Morgan fingerprint density at radius 3 is 2.11 bits per heavy atom. The molecule has 0 spiro atoms. The van der Waals surface area contributed by atoms with Crippen molar-refractivity contribution in [2.75, 3.05) is 0 Å². The normalized spacial score (nSPS) is 12.1. The smallest absolute Gasteiger partial charge is 0.196 e. The Bertz CT molecular complexity index is 1010. The third-order valence-electron chi connectivity index (χ3n) is 4.30. The van der Waals surface area contributed by atoms with E-state index < -0.39 is 0 Å². The molecule has 5 heteroatoms. The van der Waals surface area contributed by atoms with Crippen molar-refractivity contribution in [3.8, 4) is 17.1 Å². The summed E-state index contributed by atoms with van der Waals surface area (Å²) in [6, 6.07) is 26.6. The first kappa shape index (κ1) is 17.5. The summed E-state index contributed by atoms with van der Waals surface area (Å²) in [5, 5.41) is 9.85. The van der Waals surface area contributed by atoms with Gasteiger partial charge in [0.05, 0.1) is 0 Å². The Balaban J connectivity index is 1.77. The van der Waals surface area contributed by atoms with Gasteiger partial charge in [-0.2, -0.15) is 0 Å². The number of hydrogen-bond donors (Lipinski definition) is 0. The number of hydrogen-bond acceptors (Lipinski definition) is 3. The predicted octanol–water partition coefficient (Wildman–Crippen LogP) is 5.93. The first-order valence-electron chi connectivity index (χ1n) is 8.71. The molecule has 4 rings (SSSR count). The van der Waals surface area contributed by atoms with Crippen LogP contribution >= 0.6 is 11.8 Å². The van der Waals surface area contributed by atoms with Gasteiger partial charge in [0, 0.05) is 16.5 Å². The van der Waals surface area contributed by atoms with Crippen molar-refractivity contribution in [3.05, 3.63) is 96.3 Å². The molecule has 0 saturated heterocycles. The molecule has 0 fully saturated rings. The maximum Gasteiger partial charge on any atom is 0.196 e. The van der Waals surface area contributed by atoms with Crippen molar-refractivity contribution in [2.24, 2.45) is 0 Å². The van der Waals surface area contributed by atoms with Gasteiger partial charge in [0.2, 0.25) is 0 Å². The summed E-state index contributed by atoms with van der Waals surface area (Å²) >= 11 is 1.63. The molecule has 1 aromatic heterocycles. The van der Waals surface area contributed by atoms with Gasteiger partial charge in [-0.05, 0) is 36.8 Å². The first-order valence-corrected chi connectivity index (χ1v) is 9.59. The maximum atomic E-state index is 13.4. The molecule has 0 saturated carbocycles. The van der Waals surface area contributed by atoms with Gasteiger partial charge in [-0.3, -0.25) is 4.57 Å². The number of nitrogens with zero attached hydrogens (tertiary/aromatic N) is 3. The summed E-state index contributed by atoms with van der Waals surface area (Å²) in [4.78, 5) is 0. The summed E-state index contributed by atoms with van der Waals surface area (Å²) < 4.78 is 15.4. The lowest BCUT2D eigenvalue weighted by molar-refractivity contribution is 0.627. The quantitative estimate of drug-likeness (QED) is 0.405. The SMILES string of the molecule is CC(Sc1nnc(-c2ccccc2)n1-c1ccc(F)cc1)c1ccccc1. The van der Waals surface area contributed by atoms with Crippen LogP contribution in [0.1, 0.15) is 17.7 Å². The van der Waals surface area contributed by atoms with Crippen molar-refractivity contribution >= 4 is 11.8 Å². The van der Waals surface area contributed by atoms with E-state index in [1.807, 2.05) is 53.1 Å². The molecule has 1 atom stereocenters. The Labute approximate surface area is 161 Å². The minimum Gasteiger partial charge on any atom is -0.270 e. The highest BCUT2D eigenvalue weighted by atomic mass is 32.2. The largest absolute Gasteiger partial charge is 0.270 e. The van der Waals surface area contributed by atoms with Crippen LogP contribution in [0.15, 0.2) is 90.1 Å². The van der Waals surface area contributed by atoms with Crippen molar-refractivity contribution in [1.29, 1.82) is 0 Å². The Kier molecular flexibility index (Phi) is 5.03. The molecule has 3 nitrogen and oxygen atoms in total. The molecule has 3 aromatic carbocycles. The highest BCUT2D eigenvalue weighted by Crippen LogP contribution is 2.36. The lowest BCUT2D eigenvalue weighted by Crippen LogP contribution is -2.01. The van der Waals surface area contributed by atoms with Gasteiger partial charge in [-0.25, -0.2) is 4.39 Å². The second kappa shape index (κ2) is 7.76. The van der Waals surface area contributed by atoms with Gasteiger partial charge >= 0.3 is 0 Å². The molecule has 4 aromatic rings. The molecular formula is C22H18FN3S. The standard InChI is InChI=1S/C22H18FN3S/c1-16(17-8-4-2-5-9-17)27-22-25-24-21(18-10-6-3-7-11-18)26(22)20-14-12-19(23)13-15-20/h2-16H,1H3. The van der Waals surface area contributed by atoms with E-state index in [0.29, 0.717) is 0 Å². The van der Waals surface area contributed by atoms with Gasteiger partial charge in [-0.1, -0.05) is 72.4 Å². The van der Waals surface area contributed by atoms with Crippen LogP contribution in [0.2, 0.25) is 0 Å². The highest BCUT2D eigenvalue weighted by Gasteiger charge is 2.19. The van der Waals surface area contributed by atoms with Gasteiger partial charge in [0.15, 0.2) is 11.0 Å². The minimum absolute atomic E-state index is 0.207. The molecule has 27 heavy (non-hydrogen) atoms. The molecule has 1 unspecified atom stereocenters. The first-order chi connectivity index (χ1) is 13.2. The van der Waals surface area contributed by atoms with E-state index in [-0.39, 0.29) is 11.1 Å². The van der Waals surface area contributed by atoms with Crippen LogP contribution in [0.3, 0.4) is 0 Å². The number of thioether (sulfide) groups is 1. The fraction of sp³-hybridized carbons (Fsp3) is 0.0909. The van der Waals surface area contributed by atoms with Gasteiger partial charge < -0.3 is 0 Å². The fourth-order valence-corrected chi connectivity index (χ4v) is 3.89. The molecule has 0 aliphatic heterocycles. The Morgan fingerprint density at radius 2 is 1.44 bits per heavy atom. The molecule has 0 N–H and O–H groups in total. The predicted molar refractivity (Wildman–Crippen MR) is 107 cm³/mol. The van der Waals surface area contributed by atoms with Crippen molar-refractivity contribution in [1.82, 2.24) is 14.8 Å². The second-order valence-corrected chi connectivity index (χ2v) is 7.46. The van der Waals surface area contributed by atoms with E-state index in [0.717, 1.165) is 22.2 Å². The molecule has 0 amide bonds. The van der Waals surface area contributed by atoms with E-state index in [9.17, 15) is 4.39 Å². The zero-order chi connectivity index (χ0) is 18.6. The van der Waals surface area contributed by atoms with E-state index >= 15 is 0 Å². The number of rotatable bonds is 5. The third-order valence-corrected chi connectivity index (χ3v) is 5.40. The van der Waals surface area contributed by atoms with Gasteiger partial charge in [-0.15, -0.1) is 10.2 Å². The molecule has 134 valence electrons. The summed E-state index contributed by atoms with van der Waals surface area (Å²) in [5.74, 6) is 0.477. The van der Waals surface area contributed by atoms with Crippen molar-refractivity contribution < 1.29 is 4.39 Å². The fourth-order valence-electron chi connectivity index (χ4n) is 2.89. The average Bonchev–Trinajstić information content (AvgIpc) is 3.13. The highest BCUT2D eigenvalue weighted by molar-refractivity contribution is 7.99. The van der Waals surface area contributed by atoms with Crippen LogP contribution < -0.4 is 0 Å². The molecule has 0 bridgehead atoms. The number of aromatic nitrogens is 3. The summed E-state index contributed by atoms with van der Waals surface area (Å²) in [7, 11) is 0. The lowest BCUT2D eigenvalue weighted by Gasteiger charge is -2.14. The van der Waals surface area contributed by atoms with Gasteiger partial charge in [0.25, 0.3) is 0 Å². The molecule has 0 radical (unpaired) electrons. The van der Waals surface area contributed by atoms with E-state index in [1.54, 1.807) is 23.9 Å². The van der Waals surface area contributed by atoms with Crippen LogP contribution in [0, 0.1) is 5.82 Å². The van der Waals surface area contributed by atoms with Crippen molar-refractivity contribution in [2.45, 2.75) is 17.3 Å². The van der Waals surface area contributed by atoms with Crippen LogP contribution in [0.5, 0.6) is 0 Å². The van der Waals surface area contributed by atoms with E-state index in [4.69, 9.17) is 0 Å². The van der Waals surface area contributed by atoms with Gasteiger partial charge in [0.1, 0.15) is 5.82 Å². The van der Waals surface area contributed by atoms with E-state index in [2.05, 4.69) is 29.3 Å². The lowest BCUT2D eigenvalue weighted by atomic mass is 10.2. The second-order valence-electron chi connectivity index (χ2n) is 6.15. The number of halogens is 1. The van der Waals surface area contributed by atoms with Crippen LogP contribution in [-0.4, -0.2) is 14.8 Å². The molecule has 0 aliphatic carbocycles. The van der Waals surface area contributed by atoms with E-state index in [1.165, 1.54) is 17.7 Å². The molecule has 1 heterocycles. The van der Waals surface area contributed by atoms with Crippen LogP contribution in [0.4, 0.5) is 4.39 Å². The zero-order valence-corrected chi connectivity index (χ0v) is 15.6. The Hall–Kier alpha value is -2.92. The summed E-state index contributed by atoms with van der Waals surface area (Å²) in [6.45, 7) is 2.14. The minimum atomic E-state index is -0.264. The monoisotopic (exact) mass is 375 g/mol. The number of benzene rings is 3. The Morgan fingerprint density at radius 1 is 0.815 bits per heavy atom. The molecule has 0 aliphatic rings. The van der Waals surface area contributed by atoms with Crippen molar-refractivity contribution in [3.63, 3.8) is 0 Å². The topological polar surface area (TPSA) is 30.7 Å². The van der Waals surface area contributed by atoms with Crippen LogP contribution in [-0.2, 0) is 0 Å². The summed E-state index contributed by atoms with van der Waals surface area (Å²) in [5.41, 5.74) is 3.02. The zero-order valence-electron chi connectivity index (χ0n) is 14.8. The maximum absolute atomic E-state index is 13.4. The third kappa shape index (κ3) is 3.78.